The van der Waals surface area contributed by atoms with Gasteiger partial charge in [0.05, 0.1) is 0 Å². The van der Waals surface area contributed by atoms with Crippen LogP contribution >= 0.6 is 0 Å². The summed E-state index contributed by atoms with van der Waals surface area (Å²) in [6.45, 7) is 5.70. The predicted molar refractivity (Wildman–Crippen MR) is 133 cm³/mol. The van der Waals surface area contributed by atoms with E-state index < -0.39 is 0 Å². The first-order valence-electron chi connectivity index (χ1n) is 10.6. The first-order valence-corrected chi connectivity index (χ1v) is 10.6. The molecule has 0 saturated carbocycles. The molecule has 0 fully saturated rings. The summed E-state index contributed by atoms with van der Waals surface area (Å²) in [6, 6.07) is 13.8. The van der Waals surface area contributed by atoms with Gasteiger partial charge in [0.25, 0.3) is 5.91 Å². The van der Waals surface area contributed by atoms with E-state index in [0.717, 1.165) is 29.8 Å². The highest BCUT2D eigenvalue weighted by Gasteiger charge is 2.23. The Bertz CT molecular complexity index is 1100. The van der Waals surface area contributed by atoms with Gasteiger partial charge in [-0.2, -0.15) is 0 Å². The summed E-state index contributed by atoms with van der Waals surface area (Å²) in [5.41, 5.74) is 19.5. The van der Waals surface area contributed by atoms with Crippen molar-refractivity contribution in [1.29, 1.82) is 5.41 Å². The van der Waals surface area contributed by atoms with E-state index in [1.165, 1.54) is 17.3 Å². The highest BCUT2D eigenvalue weighted by Crippen LogP contribution is 2.22. The summed E-state index contributed by atoms with van der Waals surface area (Å²) in [5.74, 6) is -0.111. The molecule has 2 aromatic carbocycles. The highest BCUT2D eigenvalue weighted by molar-refractivity contribution is 5.97. The highest BCUT2D eigenvalue weighted by atomic mass is 16.1. The number of nitrogens with two attached hydrogens (primary N) is 2. The number of carbonyl (C=O) groups is 1. The number of anilines is 2. The van der Waals surface area contributed by atoms with Crippen molar-refractivity contribution < 1.29 is 4.79 Å². The number of amides is 1. The Kier molecular flexibility index (Phi) is 7.15. The Morgan fingerprint density at radius 2 is 1.72 bits per heavy atom. The topological polar surface area (TPSA) is 117 Å². The molecular formula is C26H31N5O. The largest absolute Gasteiger partial charge is 0.399 e. The number of carbonyl (C=O) groups excluding carboxylic acids is 1. The van der Waals surface area contributed by atoms with Gasteiger partial charge in [-0.3, -0.25) is 4.79 Å². The Morgan fingerprint density at radius 1 is 1.06 bits per heavy atom. The van der Waals surface area contributed by atoms with Crippen molar-refractivity contribution in [2.75, 3.05) is 11.1 Å². The van der Waals surface area contributed by atoms with Gasteiger partial charge in [0.1, 0.15) is 0 Å². The molecule has 32 heavy (non-hydrogen) atoms. The average molecular weight is 430 g/mol. The molecule has 0 radical (unpaired) electrons. The Balaban J connectivity index is 1.68. The van der Waals surface area contributed by atoms with Crippen LogP contribution in [0.1, 0.15) is 37.5 Å². The van der Waals surface area contributed by atoms with Gasteiger partial charge in [-0.15, -0.1) is 0 Å². The van der Waals surface area contributed by atoms with E-state index in [1.54, 1.807) is 24.3 Å². The van der Waals surface area contributed by atoms with E-state index in [2.05, 4.69) is 22.8 Å². The van der Waals surface area contributed by atoms with Crippen molar-refractivity contribution in [1.82, 2.24) is 5.32 Å². The molecule has 2 aromatic rings. The van der Waals surface area contributed by atoms with Crippen LogP contribution in [0.15, 0.2) is 77.2 Å². The van der Waals surface area contributed by atoms with Crippen LogP contribution in [0.3, 0.4) is 0 Å². The number of benzene rings is 2. The van der Waals surface area contributed by atoms with Gasteiger partial charge in [-0.1, -0.05) is 29.8 Å². The lowest BCUT2D eigenvalue weighted by atomic mass is 10.1. The van der Waals surface area contributed by atoms with Crippen LogP contribution in [0.5, 0.6) is 0 Å². The fourth-order valence-electron chi connectivity index (χ4n) is 3.87. The van der Waals surface area contributed by atoms with E-state index >= 15 is 0 Å². The third-order valence-electron chi connectivity index (χ3n) is 5.45. The minimum absolute atomic E-state index is 0.0946. The number of hydrogen-bond donors (Lipinski definition) is 5. The zero-order chi connectivity index (χ0) is 23.3. The molecule has 0 bridgehead atoms. The number of hydrogen-bond acceptors (Lipinski definition) is 5. The summed E-state index contributed by atoms with van der Waals surface area (Å²) in [7, 11) is 0. The lowest BCUT2D eigenvalue weighted by Crippen LogP contribution is -2.36. The second kappa shape index (κ2) is 10.0. The fraction of sp³-hybridized carbons (Fsp3) is 0.231. The second-order valence-corrected chi connectivity index (χ2v) is 8.35. The molecule has 6 heteroatoms. The zero-order valence-electron chi connectivity index (χ0n) is 18.8. The van der Waals surface area contributed by atoms with Gasteiger partial charge in [0.15, 0.2) is 0 Å². The van der Waals surface area contributed by atoms with Crippen LogP contribution in [-0.2, 0) is 17.6 Å². The molecule has 0 heterocycles. The van der Waals surface area contributed by atoms with Gasteiger partial charge in [-0.25, -0.2) is 0 Å². The maximum absolute atomic E-state index is 13.0. The normalized spacial score (nSPS) is 14.0. The van der Waals surface area contributed by atoms with Crippen LogP contribution < -0.4 is 22.1 Å². The number of nitrogen functional groups attached to an aromatic ring is 1. The Hall–Kier alpha value is -3.80. The smallest absolute Gasteiger partial charge is 0.251 e. The molecule has 6 nitrogen and oxygen atoms in total. The van der Waals surface area contributed by atoms with Crippen molar-refractivity contribution in [3.63, 3.8) is 0 Å². The summed E-state index contributed by atoms with van der Waals surface area (Å²) < 4.78 is 0. The van der Waals surface area contributed by atoms with Crippen molar-refractivity contribution in [3.05, 3.63) is 93.8 Å². The second-order valence-electron chi connectivity index (χ2n) is 8.35. The van der Waals surface area contributed by atoms with Crippen molar-refractivity contribution in [2.24, 2.45) is 5.73 Å². The molecule has 0 spiro atoms. The van der Waals surface area contributed by atoms with Crippen molar-refractivity contribution in [3.8, 4) is 0 Å². The summed E-state index contributed by atoms with van der Waals surface area (Å²) >= 11 is 0. The molecule has 7 N–H and O–H groups in total. The van der Waals surface area contributed by atoms with E-state index in [0.29, 0.717) is 22.5 Å². The molecule has 0 atom stereocenters. The molecule has 1 aliphatic rings. The number of fused-ring (bicyclic) bond motifs is 1. The average Bonchev–Trinajstić information content (AvgIpc) is 3.14. The first-order chi connectivity index (χ1) is 15.3. The molecule has 0 aromatic heterocycles. The summed E-state index contributed by atoms with van der Waals surface area (Å²) in [4.78, 5) is 13.0. The van der Waals surface area contributed by atoms with Gasteiger partial charge >= 0.3 is 0 Å². The molecule has 0 aliphatic heterocycles. The van der Waals surface area contributed by atoms with Crippen LogP contribution in [0, 0.1) is 5.41 Å². The van der Waals surface area contributed by atoms with Gasteiger partial charge in [-0.05, 0) is 75.1 Å². The maximum atomic E-state index is 13.0. The minimum atomic E-state index is -0.111. The van der Waals surface area contributed by atoms with Crippen LogP contribution in [0.2, 0.25) is 0 Å². The van der Waals surface area contributed by atoms with E-state index in [9.17, 15) is 4.79 Å². The standard InChI is InChI=1S/C26H31N5O/c1-16(2)24(26(32)31-23-11-18-6-4-5-7-19(18)12-23)13-21(28)10-17(3)30-22-9-8-20(15-27)25(29)14-22/h4-10,13-15,23,27,30H,11-12,28-29H2,1-3H3,(H,31,32)/b17-10+,21-13+,27-15?. The van der Waals surface area contributed by atoms with Gasteiger partial charge in [0, 0.05) is 46.2 Å². The SMILES string of the molecule is CC(C)=C(/C=C(N)\C=C(/C)Nc1ccc(C=N)c(N)c1)C(=O)NC1Cc2ccccc2C1. The van der Waals surface area contributed by atoms with Crippen LogP contribution in [-0.4, -0.2) is 18.2 Å². The number of nitrogens with one attached hydrogen (secondary N) is 3. The third kappa shape index (κ3) is 5.66. The van der Waals surface area contributed by atoms with Crippen molar-refractivity contribution in [2.45, 2.75) is 39.7 Å². The van der Waals surface area contributed by atoms with E-state index in [-0.39, 0.29) is 11.9 Å². The third-order valence-corrected chi connectivity index (χ3v) is 5.45. The van der Waals surface area contributed by atoms with E-state index in [4.69, 9.17) is 16.9 Å². The lowest BCUT2D eigenvalue weighted by molar-refractivity contribution is -0.117. The lowest BCUT2D eigenvalue weighted by Gasteiger charge is -2.14. The Labute approximate surface area is 189 Å². The molecular weight excluding hydrogens is 398 g/mol. The maximum Gasteiger partial charge on any atom is 0.251 e. The fourth-order valence-corrected chi connectivity index (χ4v) is 3.87. The van der Waals surface area contributed by atoms with Gasteiger partial charge < -0.3 is 27.5 Å². The molecule has 1 amide bonds. The predicted octanol–water partition coefficient (Wildman–Crippen LogP) is 4.04. The quantitative estimate of drug-likeness (QED) is 0.198. The monoisotopic (exact) mass is 429 g/mol. The first kappa shape index (κ1) is 22.9. The van der Waals surface area contributed by atoms with E-state index in [1.807, 2.05) is 39.0 Å². The number of rotatable bonds is 7. The van der Waals surface area contributed by atoms with Crippen LogP contribution in [0.4, 0.5) is 11.4 Å². The molecule has 1 aliphatic carbocycles. The van der Waals surface area contributed by atoms with Gasteiger partial charge in [0.2, 0.25) is 0 Å². The molecule has 166 valence electrons. The Morgan fingerprint density at radius 3 is 2.28 bits per heavy atom. The summed E-state index contributed by atoms with van der Waals surface area (Å²) in [5, 5.41) is 13.7. The van der Waals surface area contributed by atoms with Crippen LogP contribution in [0.25, 0.3) is 0 Å². The molecule has 0 unspecified atom stereocenters. The minimum Gasteiger partial charge on any atom is -0.399 e. The number of allylic oxidation sites excluding steroid dienone is 3. The summed E-state index contributed by atoms with van der Waals surface area (Å²) in [6.07, 6.45) is 6.41. The zero-order valence-corrected chi connectivity index (χ0v) is 18.8. The van der Waals surface area contributed by atoms with Crippen molar-refractivity contribution >= 4 is 23.5 Å². The molecule has 3 rings (SSSR count). The molecule has 0 saturated heterocycles.